The van der Waals surface area contributed by atoms with Gasteiger partial charge in [0.25, 0.3) is 5.91 Å². The predicted molar refractivity (Wildman–Crippen MR) is 95.1 cm³/mol. The summed E-state index contributed by atoms with van der Waals surface area (Å²) in [6.45, 7) is 3.43. The molecule has 0 aromatic heterocycles. The van der Waals surface area contributed by atoms with Gasteiger partial charge in [0.2, 0.25) is 17.7 Å². The monoisotopic (exact) mass is 380 g/mol. The zero-order valence-corrected chi connectivity index (χ0v) is 15.2. The van der Waals surface area contributed by atoms with Gasteiger partial charge < -0.3 is 9.80 Å². The van der Waals surface area contributed by atoms with Gasteiger partial charge in [0, 0.05) is 56.5 Å². The molecule has 2 rings (SSSR count). The molecule has 1 aromatic rings. The van der Waals surface area contributed by atoms with Crippen LogP contribution in [-0.4, -0.2) is 59.6 Å². The van der Waals surface area contributed by atoms with Crippen LogP contribution in [0.4, 0.5) is 0 Å². The quantitative estimate of drug-likeness (QED) is 0.746. The summed E-state index contributed by atoms with van der Waals surface area (Å²) in [7, 11) is 0. The molecule has 1 aliphatic heterocycles. The van der Waals surface area contributed by atoms with Crippen LogP contribution in [0.3, 0.4) is 0 Å². The number of benzene rings is 1. The summed E-state index contributed by atoms with van der Waals surface area (Å²) >= 11 is 5.81. The van der Waals surface area contributed by atoms with Gasteiger partial charge in [0.05, 0.1) is 0 Å². The number of piperazine rings is 1. The van der Waals surface area contributed by atoms with E-state index in [9.17, 15) is 19.2 Å². The third-order valence-corrected chi connectivity index (χ3v) is 4.28. The number of rotatable bonds is 4. The molecular formula is C17H21ClN4O4. The van der Waals surface area contributed by atoms with E-state index < -0.39 is 11.8 Å². The Labute approximate surface area is 156 Å². The highest BCUT2D eigenvalue weighted by Gasteiger charge is 2.22. The van der Waals surface area contributed by atoms with Gasteiger partial charge in [-0.15, -0.1) is 0 Å². The number of halogens is 1. The summed E-state index contributed by atoms with van der Waals surface area (Å²) in [6.07, 6.45) is 0.000518. The maximum atomic E-state index is 12.1. The van der Waals surface area contributed by atoms with Crippen molar-refractivity contribution in [3.8, 4) is 0 Å². The predicted octanol–water partition coefficient (Wildman–Crippen LogP) is 0.572. The minimum absolute atomic E-state index is 0.00748. The SMILES string of the molecule is CC(=O)N1CCN(C(=O)CCC(=O)NNC(=O)c2cccc(Cl)c2)CC1. The smallest absolute Gasteiger partial charge is 0.269 e. The lowest BCUT2D eigenvalue weighted by Crippen LogP contribution is -2.50. The second-order valence-corrected chi connectivity index (χ2v) is 6.34. The lowest BCUT2D eigenvalue weighted by atomic mass is 10.2. The molecule has 1 aliphatic rings. The van der Waals surface area contributed by atoms with Crippen LogP contribution in [0.5, 0.6) is 0 Å². The largest absolute Gasteiger partial charge is 0.339 e. The molecule has 0 atom stereocenters. The summed E-state index contributed by atoms with van der Waals surface area (Å²) in [5.74, 6) is -1.11. The summed E-state index contributed by atoms with van der Waals surface area (Å²) in [4.78, 5) is 50.4. The highest BCUT2D eigenvalue weighted by molar-refractivity contribution is 6.30. The van der Waals surface area contributed by atoms with Crippen molar-refractivity contribution in [1.29, 1.82) is 0 Å². The van der Waals surface area contributed by atoms with Gasteiger partial charge in [-0.05, 0) is 18.2 Å². The normalized spacial score (nSPS) is 13.9. The van der Waals surface area contributed by atoms with Crippen LogP contribution in [0.15, 0.2) is 24.3 Å². The number of carbonyl (C=O) groups is 4. The number of amides is 4. The molecule has 0 bridgehead atoms. The Bertz CT molecular complexity index is 702. The van der Waals surface area contributed by atoms with Crippen LogP contribution in [0.2, 0.25) is 5.02 Å². The summed E-state index contributed by atoms with van der Waals surface area (Å²) < 4.78 is 0. The van der Waals surface area contributed by atoms with E-state index in [0.29, 0.717) is 36.8 Å². The molecule has 0 saturated carbocycles. The molecule has 0 spiro atoms. The van der Waals surface area contributed by atoms with Crippen LogP contribution < -0.4 is 10.9 Å². The fraction of sp³-hybridized carbons (Fsp3) is 0.412. The zero-order chi connectivity index (χ0) is 19.1. The summed E-state index contributed by atoms with van der Waals surface area (Å²) in [6, 6.07) is 6.31. The molecule has 9 heteroatoms. The van der Waals surface area contributed by atoms with Crippen molar-refractivity contribution in [1.82, 2.24) is 20.7 Å². The van der Waals surface area contributed by atoms with Crippen molar-refractivity contribution in [2.75, 3.05) is 26.2 Å². The van der Waals surface area contributed by atoms with E-state index in [4.69, 9.17) is 11.6 Å². The molecule has 8 nitrogen and oxygen atoms in total. The fourth-order valence-corrected chi connectivity index (χ4v) is 2.73. The van der Waals surface area contributed by atoms with Crippen molar-refractivity contribution in [3.05, 3.63) is 34.9 Å². The van der Waals surface area contributed by atoms with Gasteiger partial charge in [-0.2, -0.15) is 0 Å². The Morgan fingerprint density at radius 1 is 1.00 bits per heavy atom. The van der Waals surface area contributed by atoms with Crippen LogP contribution in [0, 0.1) is 0 Å². The van der Waals surface area contributed by atoms with Crippen molar-refractivity contribution in [2.24, 2.45) is 0 Å². The topological polar surface area (TPSA) is 98.8 Å². The molecule has 1 aromatic carbocycles. The zero-order valence-electron chi connectivity index (χ0n) is 14.5. The Morgan fingerprint density at radius 3 is 2.27 bits per heavy atom. The van der Waals surface area contributed by atoms with Crippen molar-refractivity contribution >= 4 is 35.2 Å². The van der Waals surface area contributed by atoms with Gasteiger partial charge in [-0.1, -0.05) is 17.7 Å². The van der Waals surface area contributed by atoms with E-state index in [0.717, 1.165) is 0 Å². The first-order valence-electron chi connectivity index (χ1n) is 8.25. The molecule has 1 saturated heterocycles. The van der Waals surface area contributed by atoms with Crippen LogP contribution >= 0.6 is 11.6 Å². The third-order valence-electron chi connectivity index (χ3n) is 4.05. The average Bonchev–Trinajstić information content (AvgIpc) is 2.64. The third kappa shape index (κ3) is 5.73. The summed E-state index contributed by atoms with van der Waals surface area (Å²) in [5.41, 5.74) is 4.87. The first-order valence-corrected chi connectivity index (χ1v) is 8.62. The van der Waals surface area contributed by atoms with Crippen LogP contribution in [0.1, 0.15) is 30.1 Å². The van der Waals surface area contributed by atoms with E-state index in [2.05, 4.69) is 10.9 Å². The van der Waals surface area contributed by atoms with E-state index in [-0.39, 0.29) is 24.7 Å². The number of carbonyl (C=O) groups excluding carboxylic acids is 4. The molecule has 26 heavy (non-hydrogen) atoms. The second kappa shape index (κ2) is 9.19. The van der Waals surface area contributed by atoms with E-state index in [1.54, 1.807) is 28.0 Å². The van der Waals surface area contributed by atoms with Crippen molar-refractivity contribution < 1.29 is 19.2 Å². The first kappa shape index (κ1) is 19.7. The Hall–Kier alpha value is -2.61. The number of hydrogen-bond donors (Lipinski definition) is 2. The van der Waals surface area contributed by atoms with Crippen LogP contribution in [-0.2, 0) is 14.4 Å². The summed E-state index contributed by atoms with van der Waals surface area (Å²) in [5, 5.41) is 0.416. The molecule has 140 valence electrons. The molecule has 1 heterocycles. The second-order valence-electron chi connectivity index (χ2n) is 5.90. The minimum atomic E-state index is -0.493. The molecular weight excluding hydrogens is 360 g/mol. The highest BCUT2D eigenvalue weighted by Crippen LogP contribution is 2.10. The first-order chi connectivity index (χ1) is 12.4. The number of nitrogens with one attached hydrogen (secondary N) is 2. The Balaban J connectivity index is 1.69. The molecule has 4 amide bonds. The Morgan fingerprint density at radius 2 is 1.65 bits per heavy atom. The fourth-order valence-electron chi connectivity index (χ4n) is 2.54. The lowest BCUT2D eigenvalue weighted by Gasteiger charge is -2.34. The lowest BCUT2D eigenvalue weighted by molar-refractivity contribution is -0.139. The standard InChI is InChI=1S/C17H21ClN4O4/c1-12(23)21-7-9-22(10-8-21)16(25)6-5-15(24)19-20-17(26)13-3-2-4-14(18)11-13/h2-4,11H,5-10H2,1H3,(H,19,24)(H,20,26). The minimum Gasteiger partial charge on any atom is -0.339 e. The van der Waals surface area contributed by atoms with Crippen molar-refractivity contribution in [3.63, 3.8) is 0 Å². The average molecular weight is 381 g/mol. The number of nitrogens with zero attached hydrogens (tertiary/aromatic N) is 2. The molecule has 0 aliphatic carbocycles. The maximum absolute atomic E-state index is 12.1. The number of hydrazine groups is 1. The van der Waals surface area contributed by atoms with E-state index in [1.807, 2.05) is 0 Å². The van der Waals surface area contributed by atoms with Gasteiger partial charge in [0.1, 0.15) is 0 Å². The van der Waals surface area contributed by atoms with E-state index >= 15 is 0 Å². The molecule has 0 unspecified atom stereocenters. The van der Waals surface area contributed by atoms with Crippen molar-refractivity contribution in [2.45, 2.75) is 19.8 Å². The highest BCUT2D eigenvalue weighted by atomic mass is 35.5. The molecule has 2 N–H and O–H groups in total. The van der Waals surface area contributed by atoms with Gasteiger partial charge in [-0.25, -0.2) is 0 Å². The van der Waals surface area contributed by atoms with Crippen LogP contribution in [0.25, 0.3) is 0 Å². The Kier molecular flexibility index (Phi) is 6.97. The maximum Gasteiger partial charge on any atom is 0.269 e. The molecule has 0 radical (unpaired) electrons. The molecule has 1 fully saturated rings. The number of hydrogen-bond acceptors (Lipinski definition) is 4. The van der Waals surface area contributed by atoms with Gasteiger partial charge in [0.15, 0.2) is 0 Å². The van der Waals surface area contributed by atoms with Gasteiger partial charge >= 0.3 is 0 Å². The van der Waals surface area contributed by atoms with Gasteiger partial charge in [-0.3, -0.25) is 30.0 Å². The van der Waals surface area contributed by atoms with E-state index in [1.165, 1.54) is 13.0 Å².